The molecule has 3 rings (SSSR count). The molecule has 0 aliphatic heterocycles. The van der Waals surface area contributed by atoms with Crippen LogP contribution >= 0.6 is 11.6 Å². The summed E-state index contributed by atoms with van der Waals surface area (Å²) in [6.07, 6.45) is 0.760. The summed E-state index contributed by atoms with van der Waals surface area (Å²) >= 11 is 5.90. The Morgan fingerprint density at radius 2 is 1.73 bits per heavy atom. The van der Waals surface area contributed by atoms with E-state index in [1.165, 1.54) is 24.7 Å². The number of hydrogen-bond acceptors (Lipinski definition) is 5. The van der Waals surface area contributed by atoms with Crippen molar-refractivity contribution in [2.75, 3.05) is 11.9 Å². The number of carbonyl (C=O) groups excluding carboxylic acids is 1. The van der Waals surface area contributed by atoms with Crippen LogP contribution in [0.1, 0.15) is 21.6 Å². The molecule has 7 nitrogen and oxygen atoms in total. The Balaban J connectivity index is 1.66. The van der Waals surface area contributed by atoms with Crippen molar-refractivity contribution in [1.82, 2.24) is 9.13 Å². The molecule has 0 bridgehead atoms. The molecule has 0 amide bonds. The molecule has 2 aromatic carbocycles. The van der Waals surface area contributed by atoms with Gasteiger partial charge in [-0.05, 0) is 36.2 Å². The lowest BCUT2D eigenvalue weighted by Crippen LogP contribution is -2.38. The van der Waals surface area contributed by atoms with Gasteiger partial charge in [-0.2, -0.15) is 0 Å². The molecule has 0 saturated carbocycles. The molecule has 0 fully saturated rings. The zero-order valence-corrected chi connectivity index (χ0v) is 17.5. The molecule has 1 N–H and O–H groups in total. The van der Waals surface area contributed by atoms with Crippen molar-refractivity contribution >= 4 is 23.3 Å². The number of para-hydroxylation sites is 1. The van der Waals surface area contributed by atoms with Crippen LogP contribution in [0.2, 0.25) is 5.02 Å². The first-order chi connectivity index (χ1) is 14.4. The molecule has 1 heterocycles. The van der Waals surface area contributed by atoms with E-state index in [1.54, 1.807) is 18.2 Å². The van der Waals surface area contributed by atoms with E-state index >= 15 is 0 Å². The summed E-state index contributed by atoms with van der Waals surface area (Å²) in [5.41, 5.74) is 1.55. The maximum absolute atomic E-state index is 12.6. The molecule has 0 spiro atoms. The SMILES string of the molecule is Cn1c(COC(=O)c2ccccc2NCCc2ccc(Cl)cc2)cc(=O)n(C)c1=O. The Morgan fingerprint density at radius 1 is 1.03 bits per heavy atom. The zero-order valence-electron chi connectivity index (χ0n) is 16.7. The number of rotatable bonds is 7. The van der Waals surface area contributed by atoms with Crippen molar-refractivity contribution in [2.24, 2.45) is 14.1 Å². The monoisotopic (exact) mass is 427 g/mol. The molecule has 3 aromatic rings. The predicted octanol–water partition coefficient (Wildman–Crippen LogP) is 2.75. The number of carbonyl (C=O) groups is 1. The van der Waals surface area contributed by atoms with Crippen molar-refractivity contribution in [2.45, 2.75) is 13.0 Å². The van der Waals surface area contributed by atoms with Gasteiger partial charge in [0.25, 0.3) is 5.56 Å². The van der Waals surface area contributed by atoms with Crippen LogP contribution in [0.3, 0.4) is 0 Å². The first-order valence-corrected chi connectivity index (χ1v) is 9.75. The first-order valence-electron chi connectivity index (χ1n) is 9.37. The van der Waals surface area contributed by atoms with Crippen LogP contribution in [-0.4, -0.2) is 21.6 Å². The molecule has 30 heavy (non-hydrogen) atoms. The van der Waals surface area contributed by atoms with Crippen molar-refractivity contribution in [3.8, 4) is 0 Å². The van der Waals surface area contributed by atoms with E-state index in [4.69, 9.17) is 16.3 Å². The fourth-order valence-electron chi connectivity index (χ4n) is 2.94. The summed E-state index contributed by atoms with van der Waals surface area (Å²) in [5.74, 6) is -0.544. The highest BCUT2D eigenvalue weighted by atomic mass is 35.5. The van der Waals surface area contributed by atoms with Gasteiger partial charge < -0.3 is 10.1 Å². The molecular formula is C22H22ClN3O4. The van der Waals surface area contributed by atoms with Gasteiger partial charge in [0.1, 0.15) is 6.61 Å². The molecule has 0 atom stereocenters. The second kappa shape index (κ2) is 9.45. The number of aromatic nitrogens is 2. The van der Waals surface area contributed by atoms with Gasteiger partial charge in [0.2, 0.25) is 0 Å². The van der Waals surface area contributed by atoms with Crippen LogP contribution in [0.25, 0.3) is 0 Å². The van der Waals surface area contributed by atoms with Crippen LogP contribution < -0.4 is 16.6 Å². The lowest BCUT2D eigenvalue weighted by atomic mass is 10.1. The van der Waals surface area contributed by atoms with E-state index in [-0.39, 0.29) is 6.61 Å². The number of benzene rings is 2. The minimum absolute atomic E-state index is 0.181. The molecule has 1 aromatic heterocycles. The largest absolute Gasteiger partial charge is 0.456 e. The van der Waals surface area contributed by atoms with Gasteiger partial charge >= 0.3 is 11.7 Å². The minimum atomic E-state index is -0.544. The van der Waals surface area contributed by atoms with Crippen LogP contribution in [0.15, 0.2) is 64.2 Å². The van der Waals surface area contributed by atoms with Crippen LogP contribution in [0, 0.1) is 0 Å². The Kier molecular flexibility index (Phi) is 6.74. The summed E-state index contributed by atoms with van der Waals surface area (Å²) in [7, 11) is 2.92. The molecule has 0 saturated heterocycles. The molecule has 0 unspecified atom stereocenters. The van der Waals surface area contributed by atoms with Crippen LogP contribution in [-0.2, 0) is 31.9 Å². The zero-order chi connectivity index (χ0) is 21.7. The maximum Gasteiger partial charge on any atom is 0.340 e. The number of esters is 1. The fourth-order valence-corrected chi connectivity index (χ4v) is 3.07. The van der Waals surface area contributed by atoms with E-state index in [1.807, 2.05) is 30.3 Å². The summed E-state index contributed by atoms with van der Waals surface area (Å²) in [5, 5.41) is 3.94. The molecule has 8 heteroatoms. The Hall–Kier alpha value is -3.32. The van der Waals surface area contributed by atoms with Crippen molar-refractivity contribution in [3.05, 3.63) is 97.3 Å². The van der Waals surface area contributed by atoms with Crippen molar-refractivity contribution < 1.29 is 9.53 Å². The molecule has 0 aliphatic carbocycles. The van der Waals surface area contributed by atoms with E-state index in [0.717, 1.165) is 16.6 Å². The highest BCUT2D eigenvalue weighted by molar-refractivity contribution is 6.30. The highest BCUT2D eigenvalue weighted by Gasteiger charge is 2.14. The third kappa shape index (κ3) is 4.99. The fraction of sp³-hybridized carbons (Fsp3) is 0.227. The van der Waals surface area contributed by atoms with Gasteiger partial charge in [0.15, 0.2) is 0 Å². The summed E-state index contributed by atoms with van der Waals surface area (Å²) in [4.78, 5) is 36.4. The number of anilines is 1. The van der Waals surface area contributed by atoms with E-state index in [9.17, 15) is 14.4 Å². The topological polar surface area (TPSA) is 82.3 Å². The van der Waals surface area contributed by atoms with E-state index < -0.39 is 17.2 Å². The van der Waals surface area contributed by atoms with E-state index in [0.29, 0.717) is 28.5 Å². The van der Waals surface area contributed by atoms with Gasteiger partial charge in [-0.25, -0.2) is 9.59 Å². The average Bonchev–Trinajstić information content (AvgIpc) is 2.75. The van der Waals surface area contributed by atoms with Crippen LogP contribution in [0.5, 0.6) is 0 Å². The molecular weight excluding hydrogens is 406 g/mol. The minimum Gasteiger partial charge on any atom is -0.456 e. The predicted molar refractivity (Wildman–Crippen MR) is 116 cm³/mol. The second-order valence-electron chi connectivity index (χ2n) is 6.80. The second-order valence-corrected chi connectivity index (χ2v) is 7.24. The Bertz CT molecular complexity index is 1170. The van der Waals surface area contributed by atoms with Gasteiger partial charge in [-0.15, -0.1) is 0 Å². The van der Waals surface area contributed by atoms with E-state index in [2.05, 4.69) is 5.32 Å². The Labute approximate surface area is 178 Å². The number of halogens is 1. The maximum atomic E-state index is 12.6. The lowest BCUT2D eigenvalue weighted by Gasteiger charge is -2.13. The number of ether oxygens (including phenoxy) is 1. The molecule has 156 valence electrons. The van der Waals surface area contributed by atoms with Crippen molar-refractivity contribution in [1.29, 1.82) is 0 Å². The van der Waals surface area contributed by atoms with Crippen molar-refractivity contribution in [3.63, 3.8) is 0 Å². The molecule has 0 aliphatic rings. The van der Waals surface area contributed by atoms with Crippen LogP contribution in [0.4, 0.5) is 5.69 Å². The quantitative estimate of drug-likeness (QED) is 0.586. The van der Waals surface area contributed by atoms with Gasteiger partial charge in [-0.1, -0.05) is 35.9 Å². The number of nitrogens with one attached hydrogen (secondary N) is 1. The highest BCUT2D eigenvalue weighted by Crippen LogP contribution is 2.17. The normalized spacial score (nSPS) is 10.6. The summed E-state index contributed by atoms with van der Waals surface area (Å²) in [6.45, 7) is 0.439. The standard InChI is InChI=1S/C22H22ClN3O4/c1-25-17(13-20(27)26(2)22(25)29)14-30-21(28)18-5-3-4-6-19(18)24-12-11-15-7-9-16(23)10-8-15/h3-10,13,24H,11-12,14H2,1-2H3. The van der Waals surface area contributed by atoms with Gasteiger partial charge in [0, 0.05) is 37.4 Å². The number of hydrogen-bond donors (Lipinski definition) is 1. The Morgan fingerprint density at radius 3 is 2.47 bits per heavy atom. The third-order valence-corrected chi connectivity index (χ3v) is 5.02. The first kappa shape index (κ1) is 21.4. The summed E-state index contributed by atoms with van der Waals surface area (Å²) < 4.78 is 7.64. The van der Waals surface area contributed by atoms with Gasteiger partial charge in [-0.3, -0.25) is 13.9 Å². The van der Waals surface area contributed by atoms with Gasteiger partial charge in [0.05, 0.1) is 11.3 Å². The number of nitrogens with zero attached hydrogens (tertiary/aromatic N) is 2. The molecule has 0 radical (unpaired) electrons. The lowest BCUT2D eigenvalue weighted by molar-refractivity contribution is 0.0464. The smallest absolute Gasteiger partial charge is 0.340 e. The average molecular weight is 428 g/mol. The summed E-state index contributed by atoms with van der Waals surface area (Å²) in [6, 6.07) is 15.9. The third-order valence-electron chi connectivity index (χ3n) is 4.77.